The average molecular weight is 533 g/mol. The first-order chi connectivity index (χ1) is 17.2. The number of carbonyl (C=O) groups is 6. The molecule has 1 saturated heterocycles. The third kappa shape index (κ3) is 13.0. The molecule has 1 heterocycles. The number of aliphatic hydroxyl groups excluding tert-OH is 1. The Bertz CT molecular complexity index is 859. The molecule has 0 radical (unpaired) electrons. The Balaban J connectivity index is 0.00000300. The first-order valence-corrected chi connectivity index (χ1v) is 11.2. The number of aliphatic imine (C=N–C) groups is 1. The molecule has 210 valence electrons. The van der Waals surface area contributed by atoms with Crippen molar-refractivity contribution in [2.75, 3.05) is 19.7 Å². The lowest BCUT2D eigenvalue weighted by Crippen LogP contribution is -2.58. The quantitative estimate of drug-likeness (QED) is 0.0614. The maximum atomic E-state index is 12.9. The molecule has 0 spiro atoms. The summed E-state index contributed by atoms with van der Waals surface area (Å²) in [7, 11) is 0. The number of primary amides is 1. The first-order valence-electron chi connectivity index (χ1n) is 11.2. The minimum absolute atomic E-state index is 0.0611. The second-order valence-electron chi connectivity index (χ2n) is 8.08. The fraction of sp³-hybridized carbons (Fsp3) is 0.650. The van der Waals surface area contributed by atoms with Crippen LogP contribution in [0.4, 0.5) is 0 Å². The summed E-state index contributed by atoms with van der Waals surface area (Å²) >= 11 is 0. The summed E-state index contributed by atoms with van der Waals surface area (Å²) in [6.45, 7) is 0.659. The highest BCUT2D eigenvalue weighted by Crippen LogP contribution is 2.19. The summed E-state index contributed by atoms with van der Waals surface area (Å²) in [6.07, 6.45) is 0.634. The number of aliphatic hydroxyl groups is 1. The van der Waals surface area contributed by atoms with Crippen LogP contribution in [0.1, 0.15) is 39.0 Å². The van der Waals surface area contributed by atoms with Crippen LogP contribution in [0.2, 0.25) is 0 Å². The van der Waals surface area contributed by atoms with Crippen molar-refractivity contribution in [3.8, 4) is 0 Å². The molecule has 17 heteroatoms. The van der Waals surface area contributed by atoms with Gasteiger partial charge in [0.05, 0.1) is 19.1 Å². The van der Waals surface area contributed by atoms with Crippen LogP contribution >= 0.6 is 0 Å². The van der Waals surface area contributed by atoms with E-state index in [0.717, 1.165) is 11.8 Å². The number of hydrogen-bond donors (Lipinski definition) is 9. The van der Waals surface area contributed by atoms with Crippen molar-refractivity contribution >= 4 is 41.5 Å². The summed E-state index contributed by atoms with van der Waals surface area (Å²) in [5, 5.41) is 31.0. The van der Waals surface area contributed by atoms with Gasteiger partial charge in [0.2, 0.25) is 23.6 Å². The Labute approximate surface area is 212 Å². The van der Waals surface area contributed by atoms with Gasteiger partial charge in [-0.1, -0.05) is 0 Å². The van der Waals surface area contributed by atoms with E-state index in [9.17, 15) is 34.2 Å². The van der Waals surface area contributed by atoms with Gasteiger partial charge in [0, 0.05) is 20.0 Å². The van der Waals surface area contributed by atoms with Crippen LogP contribution in [-0.2, 0) is 28.8 Å². The van der Waals surface area contributed by atoms with E-state index >= 15 is 0 Å². The summed E-state index contributed by atoms with van der Waals surface area (Å²) in [4.78, 5) is 74.0. The van der Waals surface area contributed by atoms with E-state index in [-0.39, 0.29) is 31.9 Å². The molecule has 0 aromatic heterocycles. The largest absolute Gasteiger partial charge is 0.481 e. The van der Waals surface area contributed by atoms with Crippen molar-refractivity contribution in [1.82, 2.24) is 15.5 Å². The Morgan fingerprint density at radius 3 is 2.14 bits per heavy atom. The highest BCUT2D eigenvalue weighted by atomic mass is 16.4. The van der Waals surface area contributed by atoms with Gasteiger partial charge in [0.25, 0.3) is 5.97 Å². The van der Waals surface area contributed by atoms with E-state index in [0.29, 0.717) is 12.8 Å². The molecule has 0 aromatic carbocycles. The number of carboxylic acid groups (broad SMARTS) is 2. The van der Waals surface area contributed by atoms with Crippen LogP contribution in [0.3, 0.4) is 0 Å². The van der Waals surface area contributed by atoms with Gasteiger partial charge in [0.15, 0.2) is 5.96 Å². The second-order valence-corrected chi connectivity index (χ2v) is 8.08. The molecule has 0 aliphatic carbocycles. The number of nitrogens with two attached hydrogens (primary N) is 4. The van der Waals surface area contributed by atoms with Gasteiger partial charge in [-0.3, -0.25) is 29.0 Å². The smallest absolute Gasteiger partial charge is 0.326 e. The highest BCUT2D eigenvalue weighted by molar-refractivity contribution is 5.95. The second kappa shape index (κ2) is 16.6. The van der Waals surface area contributed by atoms with Crippen LogP contribution in [-0.4, -0.2) is 106 Å². The van der Waals surface area contributed by atoms with E-state index in [1.54, 1.807) is 0 Å². The standard InChI is InChI=1S/C18H32N8O7.C2H4O2/c19-9(7-13(20)28)14(29)25-11(8-27)16(31)26-6-2-4-12(26)15(30)24-10(17(32)33)3-1-5-23-18(21)22;1-2(3)4/h9-12,27H,1-8,19H2,(H2,20,28)(H,24,30)(H,25,29)(H,32,33)(H4,21,22,23);1H3,(H,3,4)/t9-,10-,11-,12+;/m0./s1. The number of amides is 4. The molecular weight excluding hydrogens is 496 g/mol. The minimum Gasteiger partial charge on any atom is -0.481 e. The van der Waals surface area contributed by atoms with Crippen molar-refractivity contribution < 1.29 is 44.1 Å². The fourth-order valence-corrected chi connectivity index (χ4v) is 3.31. The monoisotopic (exact) mass is 532 g/mol. The van der Waals surface area contributed by atoms with Gasteiger partial charge in [-0.05, 0) is 25.7 Å². The Kier molecular flexibility index (Phi) is 14.8. The molecule has 1 aliphatic heterocycles. The van der Waals surface area contributed by atoms with Crippen molar-refractivity contribution in [2.24, 2.45) is 27.9 Å². The van der Waals surface area contributed by atoms with Crippen molar-refractivity contribution in [3.05, 3.63) is 0 Å². The highest BCUT2D eigenvalue weighted by Gasteiger charge is 2.39. The van der Waals surface area contributed by atoms with Crippen molar-refractivity contribution in [3.63, 3.8) is 0 Å². The summed E-state index contributed by atoms with van der Waals surface area (Å²) in [6, 6.07) is -4.91. The third-order valence-corrected chi connectivity index (χ3v) is 4.95. The van der Waals surface area contributed by atoms with Crippen molar-refractivity contribution in [2.45, 2.75) is 63.2 Å². The van der Waals surface area contributed by atoms with Gasteiger partial charge < -0.3 is 53.8 Å². The van der Waals surface area contributed by atoms with E-state index in [1.165, 1.54) is 0 Å². The average Bonchev–Trinajstić information content (AvgIpc) is 3.27. The lowest BCUT2D eigenvalue weighted by molar-refractivity contribution is -0.145. The third-order valence-electron chi connectivity index (χ3n) is 4.95. The number of guanidine groups is 1. The SMILES string of the molecule is CC(=O)O.NC(=O)C[C@H](N)C(=O)N[C@@H](CO)C(=O)N1CCC[C@@H]1C(=O)N[C@@H](CCCN=C(N)N)C(=O)O. The molecule has 0 aromatic rings. The van der Waals surface area contributed by atoms with E-state index in [4.69, 9.17) is 32.8 Å². The summed E-state index contributed by atoms with van der Waals surface area (Å²) < 4.78 is 0. The van der Waals surface area contributed by atoms with Crippen LogP contribution in [0.25, 0.3) is 0 Å². The maximum absolute atomic E-state index is 12.9. The first kappa shape index (κ1) is 33.0. The number of carbonyl (C=O) groups excluding carboxylic acids is 4. The molecule has 13 N–H and O–H groups in total. The molecule has 0 saturated carbocycles. The zero-order chi connectivity index (χ0) is 28.7. The van der Waals surface area contributed by atoms with E-state index in [2.05, 4.69) is 15.6 Å². The lowest BCUT2D eigenvalue weighted by Gasteiger charge is -2.29. The van der Waals surface area contributed by atoms with E-state index in [1.807, 2.05) is 0 Å². The molecule has 4 amide bonds. The molecule has 1 rings (SSSR count). The normalized spacial score (nSPS) is 16.7. The van der Waals surface area contributed by atoms with Gasteiger partial charge in [-0.2, -0.15) is 0 Å². The topological polar surface area (TPSA) is 307 Å². The van der Waals surface area contributed by atoms with Crippen LogP contribution in [0, 0.1) is 0 Å². The molecule has 0 unspecified atom stereocenters. The minimum atomic E-state index is -1.40. The molecule has 4 atom stereocenters. The lowest BCUT2D eigenvalue weighted by atomic mass is 10.1. The number of rotatable bonds is 13. The Morgan fingerprint density at radius 2 is 1.65 bits per heavy atom. The molecule has 37 heavy (non-hydrogen) atoms. The summed E-state index contributed by atoms with van der Waals surface area (Å²) in [5.74, 6) is -5.32. The zero-order valence-corrected chi connectivity index (χ0v) is 20.5. The predicted octanol–water partition coefficient (Wildman–Crippen LogP) is -4.63. The molecule has 1 fully saturated rings. The number of likely N-dealkylation sites (tertiary alicyclic amines) is 1. The Hall–Kier alpha value is -3.99. The zero-order valence-electron chi connectivity index (χ0n) is 20.5. The van der Waals surface area contributed by atoms with Crippen LogP contribution in [0.15, 0.2) is 4.99 Å². The Morgan fingerprint density at radius 1 is 1.05 bits per heavy atom. The van der Waals surface area contributed by atoms with Crippen LogP contribution in [0.5, 0.6) is 0 Å². The van der Waals surface area contributed by atoms with Crippen LogP contribution < -0.4 is 33.6 Å². The summed E-state index contributed by atoms with van der Waals surface area (Å²) in [5.41, 5.74) is 21.0. The fourth-order valence-electron chi connectivity index (χ4n) is 3.31. The molecule has 1 aliphatic rings. The van der Waals surface area contributed by atoms with Gasteiger partial charge >= 0.3 is 5.97 Å². The number of aliphatic carboxylic acids is 2. The van der Waals surface area contributed by atoms with Gasteiger partial charge in [0.1, 0.15) is 18.1 Å². The van der Waals surface area contributed by atoms with E-state index < -0.39 is 72.8 Å². The molecule has 0 bridgehead atoms. The van der Waals surface area contributed by atoms with Gasteiger partial charge in [-0.25, -0.2) is 4.79 Å². The van der Waals surface area contributed by atoms with Gasteiger partial charge in [-0.15, -0.1) is 0 Å². The van der Waals surface area contributed by atoms with Crippen molar-refractivity contribution in [1.29, 1.82) is 0 Å². The molecule has 17 nitrogen and oxygen atoms in total. The predicted molar refractivity (Wildman–Crippen MR) is 128 cm³/mol. The maximum Gasteiger partial charge on any atom is 0.326 e. The number of nitrogens with zero attached hydrogens (tertiary/aromatic N) is 2. The molecular formula is C20H36N8O9. The number of nitrogens with one attached hydrogen (secondary N) is 2. The number of carboxylic acids is 2. The number of hydrogen-bond acceptors (Lipinski definition) is 9.